The molecule has 1 aliphatic carbocycles. The molecule has 0 radical (unpaired) electrons. The standard InChI is InChI=1S/C26H30BrF2N7/c1-17-15-20(31-24(30-17)35-13-9-26(28,29)10-14-35)23-18(2)36(33-32-23)21-4-3-19(27)16-22(21)34-11-7-25(5-6-25)8-12-34/h3-4,15-16H,5-14H2,1-2H3. The molecule has 3 aromatic rings. The smallest absolute Gasteiger partial charge is 0.251 e. The molecule has 1 saturated carbocycles. The second kappa shape index (κ2) is 8.75. The second-order valence-corrected chi connectivity index (χ2v) is 11.5. The van der Waals surface area contributed by atoms with E-state index in [9.17, 15) is 8.78 Å². The normalized spacial score (nSPS) is 20.7. The van der Waals surface area contributed by atoms with E-state index >= 15 is 0 Å². The molecule has 10 heteroatoms. The predicted octanol–water partition coefficient (Wildman–Crippen LogP) is 5.72. The maximum Gasteiger partial charge on any atom is 0.251 e. The molecule has 3 aliphatic rings. The molecule has 2 aromatic heterocycles. The van der Waals surface area contributed by atoms with Crippen molar-refractivity contribution in [2.75, 3.05) is 36.0 Å². The number of anilines is 2. The van der Waals surface area contributed by atoms with Gasteiger partial charge in [0.15, 0.2) is 0 Å². The molecule has 6 rings (SSSR count). The zero-order valence-corrected chi connectivity index (χ0v) is 22.2. The van der Waals surface area contributed by atoms with Crippen LogP contribution in [0.4, 0.5) is 20.4 Å². The molecule has 4 heterocycles. The Balaban J connectivity index is 1.32. The minimum absolute atomic E-state index is 0.182. The summed E-state index contributed by atoms with van der Waals surface area (Å²) in [6.07, 6.45) is 4.87. The van der Waals surface area contributed by atoms with Gasteiger partial charge < -0.3 is 9.80 Å². The van der Waals surface area contributed by atoms with Crippen LogP contribution in [0, 0.1) is 19.3 Å². The van der Waals surface area contributed by atoms with Crippen molar-refractivity contribution in [2.45, 2.75) is 58.3 Å². The molecule has 3 fully saturated rings. The Hall–Kier alpha value is -2.62. The number of piperidine rings is 2. The lowest BCUT2D eigenvalue weighted by Crippen LogP contribution is -2.40. The Morgan fingerprint density at radius 1 is 0.833 bits per heavy atom. The number of aryl methyl sites for hydroxylation is 1. The van der Waals surface area contributed by atoms with Gasteiger partial charge in [0.1, 0.15) is 5.69 Å². The highest BCUT2D eigenvalue weighted by atomic mass is 79.9. The fourth-order valence-corrected chi connectivity index (χ4v) is 5.82. The van der Waals surface area contributed by atoms with Crippen LogP contribution in [0.5, 0.6) is 0 Å². The summed E-state index contributed by atoms with van der Waals surface area (Å²) in [5, 5.41) is 9.04. The number of benzene rings is 1. The zero-order chi connectivity index (χ0) is 25.1. The fourth-order valence-electron chi connectivity index (χ4n) is 5.47. The van der Waals surface area contributed by atoms with E-state index in [1.807, 2.05) is 35.6 Å². The van der Waals surface area contributed by atoms with Crippen LogP contribution in [-0.2, 0) is 0 Å². The highest BCUT2D eigenvalue weighted by Gasteiger charge is 2.44. The molecule has 0 amide bonds. The Morgan fingerprint density at radius 2 is 1.53 bits per heavy atom. The molecule has 190 valence electrons. The number of nitrogens with zero attached hydrogens (tertiary/aromatic N) is 7. The van der Waals surface area contributed by atoms with Gasteiger partial charge in [-0.15, -0.1) is 5.10 Å². The first-order valence-corrected chi connectivity index (χ1v) is 13.5. The van der Waals surface area contributed by atoms with E-state index in [0.29, 0.717) is 22.8 Å². The van der Waals surface area contributed by atoms with Gasteiger partial charge in [0.25, 0.3) is 5.92 Å². The van der Waals surface area contributed by atoms with Gasteiger partial charge in [-0.1, -0.05) is 21.1 Å². The molecule has 7 nitrogen and oxygen atoms in total. The van der Waals surface area contributed by atoms with Gasteiger partial charge >= 0.3 is 0 Å². The molecule has 0 bridgehead atoms. The largest absolute Gasteiger partial charge is 0.370 e. The minimum atomic E-state index is -2.61. The number of aromatic nitrogens is 5. The third-order valence-corrected chi connectivity index (χ3v) is 8.54. The van der Waals surface area contributed by atoms with Crippen molar-refractivity contribution in [1.82, 2.24) is 25.0 Å². The van der Waals surface area contributed by atoms with Crippen molar-refractivity contribution in [3.63, 3.8) is 0 Å². The maximum absolute atomic E-state index is 13.7. The molecule has 1 aromatic carbocycles. The highest BCUT2D eigenvalue weighted by Crippen LogP contribution is 2.54. The van der Waals surface area contributed by atoms with Gasteiger partial charge in [-0.05, 0) is 69.2 Å². The first-order chi connectivity index (χ1) is 17.2. The van der Waals surface area contributed by atoms with Crippen LogP contribution in [0.3, 0.4) is 0 Å². The lowest BCUT2D eigenvalue weighted by atomic mass is 9.93. The monoisotopic (exact) mass is 557 g/mol. The average molecular weight is 558 g/mol. The lowest BCUT2D eigenvalue weighted by Gasteiger charge is -2.35. The summed E-state index contributed by atoms with van der Waals surface area (Å²) in [5.74, 6) is -2.14. The third kappa shape index (κ3) is 4.48. The van der Waals surface area contributed by atoms with E-state index in [4.69, 9.17) is 4.98 Å². The fraction of sp³-hybridized carbons (Fsp3) is 0.538. The summed E-state index contributed by atoms with van der Waals surface area (Å²) < 4.78 is 30.3. The summed E-state index contributed by atoms with van der Waals surface area (Å²) in [5.41, 5.74) is 5.72. The second-order valence-electron chi connectivity index (χ2n) is 10.6. The van der Waals surface area contributed by atoms with Gasteiger partial charge in [0.05, 0.1) is 22.8 Å². The van der Waals surface area contributed by atoms with E-state index in [-0.39, 0.29) is 25.9 Å². The number of hydrogen-bond acceptors (Lipinski definition) is 6. The van der Waals surface area contributed by atoms with Gasteiger partial charge in [-0.2, -0.15) is 0 Å². The van der Waals surface area contributed by atoms with E-state index in [2.05, 4.69) is 48.3 Å². The van der Waals surface area contributed by atoms with Crippen LogP contribution in [-0.4, -0.2) is 57.1 Å². The van der Waals surface area contributed by atoms with Crippen LogP contribution in [0.25, 0.3) is 17.1 Å². The topological polar surface area (TPSA) is 63.0 Å². The molecular weight excluding hydrogens is 528 g/mol. The van der Waals surface area contributed by atoms with Gasteiger partial charge in [-0.25, -0.2) is 23.4 Å². The molecule has 0 unspecified atom stereocenters. The summed E-state index contributed by atoms with van der Waals surface area (Å²) in [6, 6.07) is 8.16. The summed E-state index contributed by atoms with van der Waals surface area (Å²) in [6.45, 7) is 6.46. The molecule has 36 heavy (non-hydrogen) atoms. The van der Waals surface area contributed by atoms with Gasteiger partial charge in [0, 0.05) is 49.2 Å². The van der Waals surface area contributed by atoms with Crippen LogP contribution >= 0.6 is 15.9 Å². The average Bonchev–Trinajstić information content (AvgIpc) is 3.49. The van der Waals surface area contributed by atoms with Gasteiger partial charge in [0.2, 0.25) is 5.95 Å². The van der Waals surface area contributed by atoms with E-state index in [1.54, 1.807) is 0 Å². The first kappa shape index (κ1) is 23.8. The molecule has 0 N–H and O–H groups in total. The Bertz CT molecular complexity index is 1280. The third-order valence-electron chi connectivity index (χ3n) is 8.04. The summed E-state index contributed by atoms with van der Waals surface area (Å²) >= 11 is 3.65. The minimum Gasteiger partial charge on any atom is -0.370 e. The molecule has 0 atom stereocenters. The Labute approximate surface area is 218 Å². The number of hydrogen-bond donors (Lipinski definition) is 0. The zero-order valence-electron chi connectivity index (χ0n) is 20.6. The van der Waals surface area contributed by atoms with Crippen molar-refractivity contribution >= 4 is 27.6 Å². The van der Waals surface area contributed by atoms with Crippen molar-refractivity contribution in [3.8, 4) is 17.1 Å². The lowest BCUT2D eigenvalue weighted by molar-refractivity contribution is -0.0222. The van der Waals surface area contributed by atoms with Crippen LogP contribution in [0.2, 0.25) is 0 Å². The van der Waals surface area contributed by atoms with Crippen molar-refractivity contribution < 1.29 is 8.78 Å². The van der Waals surface area contributed by atoms with Crippen LogP contribution in [0.1, 0.15) is 49.9 Å². The number of alkyl halides is 2. The van der Waals surface area contributed by atoms with Crippen molar-refractivity contribution in [1.29, 1.82) is 0 Å². The Kier molecular flexibility index (Phi) is 5.77. The summed E-state index contributed by atoms with van der Waals surface area (Å²) in [4.78, 5) is 13.6. The predicted molar refractivity (Wildman–Crippen MR) is 139 cm³/mol. The maximum atomic E-state index is 13.7. The Morgan fingerprint density at radius 3 is 2.22 bits per heavy atom. The van der Waals surface area contributed by atoms with Crippen LogP contribution < -0.4 is 9.80 Å². The van der Waals surface area contributed by atoms with Gasteiger partial charge in [-0.3, -0.25) is 0 Å². The molecule has 2 saturated heterocycles. The van der Waals surface area contributed by atoms with Crippen molar-refractivity contribution in [3.05, 3.63) is 40.1 Å². The first-order valence-electron chi connectivity index (χ1n) is 12.7. The SMILES string of the molecule is Cc1cc(-c2nnn(-c3ccc(Br)cc3N3CCC4(CC3)CC4)c2C)nc(N2CCC(F)(F)CC2)n1. The molecule has 1 spiro atoms. The molecule has 2 aliphatic heterocycles. The van der Waals surface area contributed by atoms with Crippen molar-refractivity contribution in [2.24, 2.45) is 5.41 Å². The quantitative estimate of drug-likeness (QED) is 0.408. The van der Waals surface area contributed by atoms with E-state index < -0.39 is 5.92 Å². The van der Waals surface area contributed by atoms with E-state index in [0.717, 1.165) is 40.3 Å². The van der Waals surface area contributed by atoms with Crippen LogP contribution in [0.15, 0.2) is 28.7 Å². The highest BCUT2D eigenvalue weighted by molar-refractivity contribution is 9.10. The number of rotatable bonds is 4. The molecular formula is C26H30BrF2N7. The summed E-state index contributed by atoms with van der Waals surface area (Å²) in [7, 11) is 0. The number of halogens is 3. The van der Waals surface area contributed by atoms with E-state index in [1.165, 1.54) is 25.7 Å².